The zero-order valence-corrected chi connectivity index (χ0v) is 12.0. The van der Waals surface area contributed by atoms with Crippen molar-refractivity contribution in [2.24, 2.45) is 5.41 Å². The van der Waals surface area contributed by atoms with Crippen LogP contribution in [0.1, 0.15) is 39.2 Å². The minimum absolute atomic E-state index is 0.127. The minimum atomic E-state index is -0.466. The van der Waals surface area contributed by atoms with Gasteiger partial charge in [0.05, 0.1) is 5.41 Å². The van der Waals surface area contributed by atoms with Gasteiger partial charge >= 0.3 is 5.97 Å². The molecule has 0 radical (unpaired) electrons. The van der Waals surface area contributed by atoms with E-state index in [2.05, 4.69) is 17.4 Å². The molecule has 0 aliphatic carbocycles. The lowest BCUT2D eigenvalue weighted by Gasteiger charge is -2.39. The number of nitrogens with one attached hydrogen (secondary N) is 1. The molecule has 0 atom stereocenters. The highest BCUT2D eigenvalue weighted by atomic mass is 16.6. The molecule has 1 saturated heterocycles. The van der Waals surface area contributed by atoms with Crippen LogP contribution in [0.15, 0.2) is 30.3 Å². The fourth-order valence-electron chi connectivity index (χ4n) is 2.35. The van der Waals surface area contributed by atoms with Crippen molar-refractivity contribution in [1.82, 2.24) is 5.32 Å². The van der Waals surface area contributed by atoms with Gasteiger partial charge in [-0.2, -0.15) is 0 Å². The summed E-state index contributed by atoms with van der Waals surface area (Å²) >= 11 is 0. The third kappa shape index (κ3) is 3.16. The molecule has 0 amide bonds. The van der Waals surface area contributed by atoms with Gasteiger partial charge in [0.15, 0.2) is 0 Å². The van der Waals surface area contributed by atoms with Crippen LogP contribution in [0, 0.1) is 5.41 Å². The molecule has 0 spiro atoms. The first-order valence-electron chi connectivity index (χ1n) is 6.94. The number of piperidine rings is 1. The van der Waals surface area contributed by atoms with E-state index in [1.54, 1.807) is 0 Å². The van der Waals surface area contributed by atoms with Gasteiger partial charge < -0.3 is 10.1 Å². The molecule has 0 saturated carbocycles. The smallest absolute Gasteiger partial charge is 0.312 e. The summed E-state index contributed by atoms with van der Waals surface area (Å²) in [7, 11) is 0. The molecule has 0 bridgehead atoms. The predicted molar refractivity (Wildman–Crippen MR) is 75.8 cm³/mol. The van der Waals surface area contributed by atoms with E-state index >= 15 is 0 Å². The molecule has 104 valence electrons. The van der Waals surface area contributed by atoms with Crippen molar-refractivity contribution < 1.29 is 9.53 Å². The minimum Gasteiger partial charge on any atom is -0.454 e. The molecule has 1 N–H and O–H groups in total. The van der Waals surface area contributed by atoms with Crippen LogP contribution in [0.25, 0.3) is 0 Å². The van der Waals surface area contributed by atoms with Crippen LogP contribution < -0.4 is 5.32 Å². The van der Waals surface area contributed by atoms with Gasteiger partial charge in [-0.1, -0.05) is 30.3 Å². The van der Waals surface area contributed by atoms with Crippen LogP contribution in [-0.2, 0) is 15.1 Å². The molecule has 1 fully saturated rings. The Morgan fingerprint density at radius 2 is 1.74 bits per heavy atom. The van der Waals surface area contributed by atoms with Crippen molar-refractivity contribution in [3.05, 3.63) is 35.9 Å². The van der Waals surface area contributed by atoms with Crippen molar-refractivity contribution in [3.63, 3.8) is 0 Å². The SMILES string of the molecule is CC(C)(C)C(=O)OC1(c2ccccc2)CCNCC1. The second-order valence-electron chi connectivity index (χ2n) is 6.25. The molecule has 1 aliphatic rings. The molecule has 1 aromatic carbocycles. The highest BCUT2D eigenvalue weighted by molar-refractivity contribution is 5.76. The van der Waals surface area contributed by atoms with Crippen molar-refractivity contribution in [3.8, 4) is 0 Å². The van der Waals surface area contributed by atoms with E-state index in [1.165, 1.54) is 0 Å². The molecule has 0 aromatic heterocycles. The van der Waals surface area contributed by atoms with E-state index in [9.17, 15) is 4.79 Å². The number of carbonyl (C=O) groups is 1. The molecule has 1 heterocycles. The number of hydrogen-bond donors (Lipinski definition) is 1. The van der Waals surface area contributed by atoms with Crippen molar-refractivity contribution >= 4 is 5.97 Å². The molecule has 3 heteroatoms. The van der Waals surface area contributed by atoms with Gasteiger partial charge in [0.1, 0.15) is 5.60 Å². The zero-order valence-electron chi connectivity index (χ0n) is 12.0. The normalized spacial score (nSPS) is 18.9. The first kappa shape index (κ1) is 14.1. The summed E-state index contributed by atoms with van der Waals surface area (Å²) in [6.45, 7) is 7.46. The number of ether oxygens (including phenoxy) is 1. The maximum atomic E-state index is 12.3. The molecule has 19 heavy (non-hydrogen) atoms. The van der Waals surface area contributed by atoms with Gasteiger partial charge in [-0.15, -0.1) is 0 Å². The van der Waals surface area contributed by atoms with Crippen LogP contribution in [-0.4, -0.2) is 19.1 Å². The third-order valence-electron chi connectivity index (χ3n) is 3.61. The van der Waals surface area contributed by atoms with Crippen molar-refractivity contribution in [2.75, 3.05) is 13.1 Å². The Bertz CT molecular complexity index is 428. The summed E-state index contributed by atoms with van der Waals surface area (Å²) < 4.78 is 5.95. The number of hydrogen-bond acceptors (Lipinski definition) is 3. The summed E-state index contributed by atoms with van der Waals surface area (Å²) in [5.41, 5.74) is 0.179. The lowest BCUT2D eigenvalue weighted by molar-refractivity contribution is -0.174. The van der Waals surface area contributed by atoms with Gasteiger partial charge in [-0.05, 0) is 39.4 Å². The number of benzene rings is 1. The Labute approximate surface area is 115 Å². The summed E-state index contributed by atoms with van der Waals surface area (Å²) in [6, 6.07) is 10.1. The topological polar surface area (TPSA) is 38.3 Å². The van der Waals surface area contributed by atoms with Gasteiger partial charge in [0, 0.05) is 12.8 Å². The fraction of sp³-hybridized carbons (Fsp3) is 0.562. The second kappa shape index (κ2) is 5.33. The number of rotatable bonds is 2. The lowest BCUT2D eigenvalue weighted by Crippen LogP contribution is -2.45. The second-order valence-corrected chi connectivity index (χ2v) is 6.25. The highest BCUT2D eigenvalue weighted by Gasteiger charge is 2.40. The summed E-state index contributed by atoms with van der Waals surface area (Å²) in [4.78, 5) is 12.3. The third-order valence-corrected chi connectivity index (χ3v) is 3.61. The first-order valence-corrected chi connectivity index (χ1v) is 6.94. The maximum Gasteiger partial charge on any atom is 0.312 e. The van der Waals surface area contributed by atoms with Crippen LogP contribution in [0.5, 0.6) is 0 Å². The monoisotopic (exact) mass is 261 g/mol. The molecular formula is C16H23NO2. The largest absolute Gasteiger partial charge is 0.454 e. The van der Waals surface area contributed by atoms with E-state index in [1.807, 2.05) is 39.0 Å². The Kier molecular flexibility index (Phi) is 3.95. The van der Waals surface area contributed by atoms with E-state index in [0.717, 1.165) is 31.5 Å². The summed E-state index contributed by atoms with van der Waals surface area (Å²) in [5, 5.41) is 3.33. The average Bonchev–Trinajstić information content (AvgIpc) is 2.40. The van der Waals surface area contributed by atoms with Gasteiger partial charge in [0.2, 0.25) is 0 Å². The van der Waals surface area contributed by atoms with Crippen molar-refractivity contribution in [1.29, 1.82) is 0 Å². The summed E-state index contributed by atoms with van der Waals surface area (Å²) in [6.07, 6.45) is 1.66. The Balaban J connectivity index is 2.28. The van der Waals surface area contributed by atoms with Crippen LogP contribution in [0.4, 0.5) is 0 Å². The lowest BCUT2D eigenvalue weighted by atomic mass is 9.84. The first-order chi connectivity index (χ1) is 8.94. The Hall–Kier alpha value is -1.35. The van der Waals surface area contributed by atoms with E-state index in [0.29, 0.717) is 0 Å². The molecule has 1 aromatic rings. The maximum absolute atomic E-state index is 12.3. The van der Waals surface area contributed by atoms with E-state index < -0.39 is 11.0 Å². The van der Waals surface area contributed by atoms with Gasteiger partial charge in [-0.3, -0.25) is 4.79 Å². The van der Waals surface area contributed by atoms with Crippen LogP contribution in [0.3, 0.4) is 0 Å². The van der Waals surface area contributed by atoms with E-state index in [-0.39, 0.29) is 5.97 Å². The molecule has 0 unspecified atom stereocenters. The average molecular weight is 261 g/mol. The molecule has 2 rings (SSSR count). The number of carbonyl (C=O) groups excluding carboxylic acids is 1. The molecule has 1 aliphatic heterocycles. The van der Waals surface area contributed by atoms with Gasteiger partial charge in [0.25, 0.3) is 0 Å². The fourth-order valence-corrected chi connectivity index (χ4v) is 2.35. The Morgan fingerprint density at radius 3 is 2.26 bits per heavy atom. The summed E-state index contributed by atoms with van der Waals surface area (Å²) in [5.74, 6) is -0.127. The van der Waals surface area contributed by atoms with Crippen LogP contribution in [0.2, 0.25) is 0 Å². The van der Waals surface area contributed by atoms with Gasteiger partial charge in [-0.25, -0.2) is 0 Å². The highest BCUT2D eigenvalue weighted by Crippen LogP contribution is 2.36. The van der Waals surface area contributed by atoms with E-state index in [4.69, 9.17) is 4.74 Å². The van der Waals surface area contributed by atoms with Crippen molar-refractivity contribution in [2.45, 2.75) is 39.2 Å². The zero-order chi connectivity index (χ0) is 13.9. The molecular weight excluding hydrogens is 238 g/mol. The van der Waals surface area contributed by atoms with Crippen LogP contribution >= 0.6 is 0 Å². The standard InChI is InChI=1S/C16H23NO2/c1-15(2,3)14(18)19-16(9-11-17-12-10-16)13-7-5-4-6-8-13/h4-8,17H,9-12H2,1-3H3. The Morgan fingerprint density at radius 1 is 1.16 bits per heavy atom. The molecule has 3 nitrogen and oxygen atoms in total. The number of esters is 1. The predicted octanol–water partition coefficient (Wildman–Crippen LogP) is 2.85. The quantitative estimate of drug-likeness (QED) is 0.832.